The molecule has 0 spiro atoms. The van der Waals surface area contributed by atoms with Crippen LogP contribution in [0.15, 0.2) is 0 Å². The van der Waals surface area contributed by atoms with E-state index in [-0.39, 0.29) is 0 Å². The van der Waals surface area contributed by atoms with E-state index in [1.54, 1.807) is 0 Å². The minimum Gasteiger partial charge on any atom is -0.400 e. The molecule has 0 amide bonds. The van der Waals surface area contributed by atoms with Crippen molar-refractivity contribution in [3.8, 4) is 0 Å². The predicted molar refractivity (Wildman–Crippen MR) is 142 cm³/mol. The van der Waals surface area contributed by atoms with Gasteiger partial charge in [-0.2, -0.15) is 0 Å². The summed E-state index contributed by atoms with van der Waals surface area (Å²) in [6.07, 6.45) is 33.0. The molecule has 0 heterocycles. The lowest BCUT2D eigenvalue weighted by molar-refractivity contribution is 0.399. The molecule has 1 saturated carbocycles. The van der Waals surface area contributed by atoms with E-state index < -0.39 is 0 Å². The third kappa shape index (κ3) is 52.0. The summed E-state index contributed by atoms with van der Waals surface area (Å²) in [7, 11) is 5.00. The molecule has 0 radical (unpaired) electrons. The van der Waals surface area contributed by atoms with Gasteiger partial charge in [0.05, 0.1) is 0 Å². The van der Waals surface area contributed by atoms with Crippen LogP contribution in [0.4, 0.5) is 0 Å². The summed E-state index contributed by atoms with van der Waals surface area (Å²) in [6, 6.07) is 0. The van der Waals surface area contributed by atoms with Crippen molar-refractivity contribution in [2.24, 2.45) is 0 Å². The third-order valence-corrected chi connectivity index (χ3v) is 5.50. The standard InChI is InChI=1S/C22H44.5CH4O/c1-2-4-6-8-10-12-14-16-18-20-22-21-19-17-15-13-11-9-7-5-3-1;5*1-2/h1-22H2;5*2H,1H3. The molecule has 0 atom stereocenters. The third-order valence-electron chi connectivity index (χ3n) is 5.50. The first kappa shape index (κ1) is 42.0. The lowest BCUT2D eigenvalue weighted by atomic mass is 10.0. The molecule has 1 rings (SSSR count). The Morgan fingerprint density at radius 1 is 0.156 bits per heavy atom. The first-order chi connectivity index (χ1) is 16.0. The Bertz CT molecular complexity index is 118. The van der Waals surface area contributed by atoms with Crippen LogP contribution in [-0.4, -0.2) is 61.1 Å². The van der Waals surface area contributed by atoms with Crippen LogP contribution in [0.5, 0.6) is 0 Å². The van der Waals surface area contributed by atoms with E-state index in [9.17, 15) is 0 Å². The van der Waals surface area contributed by atoms with Gasteiger partial charge in [-0.05, 0) is 0 Å². The average molecular weight is 469 g/mol. The Labute approximate surface area is 202 Å². The summed E-state index contributed by atoms with van der Waals surface area (Å²) in [5, 5.41) is 35.0. The van der Waals surface area contributed by atoms with Gasteiger partial charge in [-0.25, -0.2) is 0 Å². The van der Waals surface area contributed by atoms with Crippen molar-refractivity contribution < 1.29 is 25.5 Å². The van der Waals surface area contributed by atoms with Gasteiger partial charge >= 0.3 is 0 Å². The SMILES string of the molecule is C1CCCCCCCCCCCCCCCCCCCCC1.CO.CO.CO.CO.CO. The molecule has 5 heteroatoms. The van der Waals surface area contributed by atoms with E-state index in [0.717, 1.165) is 35.5 Å². The van der Waals surface area contributed by atoms with Crippen LogP contribution < -0.4 is 0 Å². The molecule has 5 nitrogen and oxygen atoms in total. The quantitative estimate of drug-likeness (QED) is 0.275. The molecule has 0 aromatic carbocycles. The second-order valence-corrected chi connectivity index (χ2v) is 7.78. The summed E-state index contributed by atoms with van der Waals surface area (Å²) in [6.45, 7) is 0. The normalized spacial score (nSPS) is 17.4. The predicted octanol–water partition coefficient (Wildman–Crippen LogP) is 6.62. The monoisotopic (exact) mass is 468 g/mol. The van der Waals surface area contributed by atoms with Crippen molar-refractivity contribution in [2.75, 3.05) is 35.5 Å². The Morgan fingerprint density at radius 2 is 0.188 bits per heavy atom. The van der Waals surface area contributed by atoms with Crippen molar-refractivity contribution in [1.82, 2.24) is 0 Å². The molecule has 0 aliphatic heterocycles. The fourth-order valence-corrected chi connectivity index (χ4v) is 3.89. The van der Waals surface area contributed by atoms with E-state index >= 15 is 0 Å². The van der Waals surface area contributed by atoms with Gasteiger partial charge < -0.3 is 25.5 Å². The van der Waals surface area contributed by atoms with Gasteiger partial charge in [-0.3, -0.25) is 0 Å². The summed E-state index contributed by atoms with van der Waals surface area (Å²) in [4.78, 5) is 0. The van der Waals surface area contributed by atoms with Crippen molar-refractivity contribution >= 4 is 0 Å². The number of hydrogen-bond acceptors (Lipinski definition) is 5. The molecule has 0 aromatic rings. The summed E-state index contributed by atoms with van der Waals surface area (Å²) >= 11 is 0. The van der Waals surface area contributed by atoms with Crippen LogP contribution in [-0.2, 0) is 0 Å². The average Bonchev–Trinajstić information content (AvgIpc) is 2.89. The second-order valence-electron chi connectivity index (χ2n) is 7.78. The van der Waals surface area contributed by atoms with Crippen LogP contribution in [0.25, 0.3) is 0 Å². The number of hydrogen-bond donors (Lipinski definition) is 5. The largest absolute Gasteiger partial charge is 0.400 e. The highest BCUT2D eigenvalue weighted by molar-refractivity contribution is 4.52. The molecule has 202 valence electrons. The molecular weight excluding hydrogens is 404 g/mol. The topological polar surface area (TPSA) is 101 Å². The van der Waals surface area contributed by atoms with Crippen molar-refractivity contribution in [1.29, 1.82) is 0 Å². The number of rotatable bonds is 0. The molecule has 0 bridgehead atoms. The molecule has 1 aliphatic rings. The lowest BCUT2D eigenvalue weighted by Crippen LogP contribution is -1.85. The fraction of sp³-hybridized carbons (Fsp3) is 1.00. The second kappa shape index (κ2) is 57.6. The van der Waals surface area contributed by atoms with Gasteiger partial charge in [-0.15, -0.1) is 0 Å². The van der Waals surface area contributed by atoms with Crippen LogP contribution >= 0.6 is 0 Å². The molecule has 0 aromatic heterocycles. The molecule has 32 heavy (non-hydrogen) atoms. The Morgan fingerprint density at radius 3 is 0.219 bits per heavy atom. The summed E-state index contributed by atoms with van der Waals surface area (Å²) in [5.41, 5.74) is 0. The Hall–Kier alpha value is -0.200. The highest BCUT2D eigenvalue weighted by atomic mass is 16.2. The minimum absolute atomic E-state index is 1.00. The lowest BCUT2D eigenvalue weighted by Gasteiger charge is -2.05. The first-order valence-electron chi connectivity index (χ1n) is 13.2. The highest BCUT2D eigenvalue weighted by Crippen LogP contribution is 2.16. The first-order valence-corrected chi connectivity index (χ1v) is 13.2. The molecule has 0 unspecified atom stereocenters. The maximum absolute atomic E-state index is 7.00. The molecule has 5 N–H and O–H groups in total. The van der Waals surface area contributed by atoms with E-state index in [1.165, 1.54) is 141 Å². The van der Waals surface area contributed by atoms with E-state index in [2.05, 4.69) is 0 Å². The number of aliphatic hydroxyl groups is 5. The van der Waals surface area contributed by atoms with Crippen LogP contribution in [0.1, 0.15) is 141 Å². The van der Waals surface area contributed by atoms with Crippen LogP contribution in [0, 0.1) is 0 Å². The highest BCUT2D eigenvalue weighted by Gasteiger charge is 1.97. The zero-order valence-electron chi connectivity index (χ0n) is 22.8. The van der Waals surface area contributed by atoms with Crippen molar-refractivity contribution in [3.05, 3.63) is 0 Å². The van der Waals surface area contributed by atoms with E-state index in [0.29, 0.717) is 0 Å². The molecular formula is C27H64O5. The number of aliphatic hydroxyl groups excluding tert-OH is 5. The Balaban J connectivity index is -0.000000213. The van der Waals surface area contributed by atoms with Gasteiger partial charge in [0.1, 0.15) is 0 Å². The smallest absolute Gasteiger partial charge is 0.0319 e. The van der Waals surface area contributed by atoms with Crippen LogP contribution in [0.3, 0.4) is 0 Å². The van der Waals surface area contributed by atoms with Crippen LogP contribution in [0.2, 0.25) is 0 Å². The zero-order chi connectivity index (χ0) is 25.6. The van der Waals surface area contributed by atoms with Crippen molar-refractivity contribution in [2.45, 2.75) is 141 Å². The molecule has 0 saturated heterocycles. The van der Waals surface area contributed by atoms with Gasteiger partial charge in [0.2, 0.25) is 0 Å². The fourth-order valence-electron chi connectivity index (χ4n) is 3.89. The van der Waals surface area contributed by atoms with Gasteiger partial charge in [0.15, 0.2) is 0 Å². The van der Waals surface area contributed by atoms with E-state index in [1.807, 2.05) is 0 Å². The molecule has 1 fully saturated rings. The van der Waals surface area contributed by atoms with E-state index in [4.69, 9.17) is 25.5 Å². The van der Waals surface area contributed by atoms with Gasteiger partial charge in [0.25, 0.3) is 0 Å². The molecule has 1 aliphatic carbocycles. The van der Waals surface area contributed by atoms with Crippen molar-refractivity contribution in [3.63, 3.8) is 0 Å². The zero-order valence-corrected chi connectivity index (χ0v) is 22.8. The van der Waals surface area contributed by atoms with Gasteiger partial charge in [0, 0.05) is 35.5 Å². The van der Waals surface area contributed by atoms with Gasteiger partial charge in [-0.1, -0.05) is 141 Å². The summed E-state index contributed by atoms with van der Waals surface area (Å²) in [5.74, 6) is 0. The summed E-state index contributed by atoms with van der Waals surface area (Å²) < 4.78 is 0. The maximum Gasteiger partial charge on any atom is 0.0319 e. The maximum atomic E-state index is 7.00. The minimum atomic E-state index is 1.00. The Kier molecular flexibility index (Phi) is 75.5.